The molecule has 0 atom stereocenters. The largest absolute Gasteiger partial charge is 0.481 e. The van der Waals surface area contributed by atoms with Crippen LogP contribution in [-0.2, 0) is 10.0 Å². The number of carbonyl (C=O) groups is 1. The standard InChI is InChI=1S/C20H16F2N2O5S/c1-28-20-14(4-3-9-23-20)15-10-12(19(25)24-30(2,26)27)5-8-18(15)29-13-6-7-16(21)17(22)11-13/h3-11H,1-2H3,(H,24,25). The SMILES string of the molecule is COc1ncccc1-c1cc(C(=O)NS(C)(=O)=O)ccc1Oc1ccc(F)c(F)c1. The lowest BCUT2D eigenvalue weighted by atomic mass is 10.0. The van der Waals surface area contributed by atoms with E-state index in [9.17, 15) is 22.0 Å². The Morgan fingerprint density at radius 1 is 1.03 bits per heavy atom. The van der Waals surface area contributed by atoms with E-state index < -0.39 is 27.6 Å². The van der Waals surface area contributed by atoms with Gasteiger partial charge in [0.05, 0.1) is 13.4 Å². The van der Waals surface area contributed by atoms with Crippen molar-refractivity contribution in [2.45, 2.75) is 0 Å². The third-order valence-corrected chi connectivity index (χ3v) is 4.45. The molecule has 156 valence electrons. The van der Waals surface area contributed by atoms with Gasteiger partial charge in [-0.3, -0.25) is 4.79 Å². The number of benzene rings is 2. The monoisotopic (exact) mass is 434 g/mol. The van der Waals surface area contributed by atoms with Gasteiger partial charge < -0.3 is 9.47 Å². The minimum absolute atomic E-state index is 0.0198. The molecular formula is C20H16F2N2O5S. The van der Waals surface area contributed by atoms with Gasteiger partial charge in [0, 0.05) is 29.0 Å². The zero-order valence-electron chi connectivity index (χ0n) is 15.8. The Balaban J connectivity index is 2.11. The van der Waals surface area contributed by atoms with Crippen molar-refractivity contribution in [3.63, 3.8) is 0 Å². The molecule has 0 saturated heterocycles. The minimum atomic E-state index is -3.77. The van der Waals surface area contributed by atoms with E-state index in [4.69, 9.17) is 9.47 Å². The zero-order valence-corrected chi connectivity index (χ0v) is 16.7. The number of hydrogen-bond acceptors (Lipinski definition) is 6. The summed E-state index contributed by atoms with van der Waals surface area (Å²) in [5, 5.41) is 0. The van der Waals surface area contributed by atoms with Crippen molar-refractivity contribution in [2.75, 3.05) is 13.4 Å². The van der Waals surface area contributed by atoms with E-state index in [0.29, 0.717) is 11.1 Å². The van der Waals surface area contributed by atoms with Gasteiger partial charge in [0.2, 0.25) is 15.9 Å². The van der Waals surface area contributed by atoms with Crippen LogP contribution in [0.4, 0.5) is 8.78 Å². The van der Waals surface area contributed by atoms with Crippen molar-refractivity contribution >= 4 is 15.9 Å². The molecule has 3 rings (SSSR count). The second-order valence-electron chi connectivity index (χ2n) is 6.15. The van der Waals surface area contributed by atoms with Crippen molar-refractivity contribution in [1.82, 2.24) is 9.71 Å². The van der Waals surface area contributed by atoms with E-state index in [-0.39, 0.29) is 22.9 Å². The van der Waals surface area contributed by atoms with E-state index in [2.05, 4.69) is 4.98 Å². The van der Waals surface area contributed by atoms with E-state index in [1.807, 2.05) is 4.72 Å². The van der Waals surface area contributed by atoms with Crippen molar-refractivity contribution in [1.29, 1.82) is 0 Å². The Bertz CT molecular complexity index is 1220. The maximum atomic E-state index is 13.6. The maximum Gasteiger partial charge on any atom is 0.264 e. The Morgan fingerprint density at radius 2 is 1.80 bits per heavy atom. The average molecular weight is 434 g/mol. The molecule has 0 aliphatic rings. The normalized spacial score (nSPS) is 11.1. The fourth-order valence-corrected chi connectivity index (χ4v) is 3.08. The van der Waals surface area contributed by atoms with Crippen LogP contribution in [0.15, 0.2) is 54.7 Å². The molecule has 0 radical (unpaired) electrons. The number of amides is 1. The van der Waals surface area contributed by atoms with Crippen LogP contribution in [-0.4, -0.2) is 32.7 Å². The highest BCUT2D eigenvalue weighted by atomic mass is 32.2. The first-order valence-corrected chi connectivity index (χ1v) is 10.4. The number of nitrogens with one attached hydrogen (secondary N) is 1. The number of halogens is 2. The summed E-state index contributed by atoms with van der Waals surface area (Å²) in [6, 6.07) is 10.4. The van der Waals surface area contributed by atoms with E-state index in [1.165, 1.54) is 37.6 Å². The fraction of sp³-hybridized carbons (Fsp3) is 0.100. The Morgan fingerprint density at radius 3 is 2.47 bits per heavy atom. The molecule has 0 aliphatic heterocycles. The summed E-state index contributed by atoms with van der Waals surface area (Å²) in [5.74, 6) is -2.54. The number of sulfonamides is 1. The lowest BCUT2D eigenvalue weighted by Gasteiger charge is -2.15. The van der Waals surface area contributed by atoms with Crippen molar-refractivity contribution in [2.24, 2.45) is 0 Å². The molecule has 1 N–H and O–H groups in total. The summed E-state index contributed by atoms with van der Waals surface area (Å²) < 4.78 is 62.4. The summed E-state index contributed by atoms with van der Waals surface area (Å²) in [6.07, 6.45) is 2.36. The van der Waals surface area contributed by atoms with Gasteiger partial charge in [0.25, 0.3) is 5.91 Å². The van der Waals surface area contributed by atoms with Crippen LogP contribution in [0, 0.1) is 11.6 Å². The van der Waals surface area contributed by atoms with Crippen LogP contribution in [0.1, 0.15) is 10.4 Å². The molecule has 0 unspecified atom stereocenters. The predicted molar refractivity (Wildman–Crippen MR) is 105 cm³/mol. The Labute approximate surface area is 171 Å². The minimum Gasteiger partial charge on any atom is -0.481 e. The lowest BCUT2D eigenvalue weighted by Crippen LogP contribution is -2.29. The topological polar surface area (TPSA) is 94.6 Å². The zero-order chi connectivity index (χ0) is 21.9. The molecular weight excluding hydrogens is 418 g/mol. The highest BCUT2D eigenvalue weighted by molar-refractivity contribution is 7.89. The number of rotatable bonds is 6. The number of methoxy groups -OCH3 is 1. The van der Waals surface area contributed by atoms with Gasteiger partial charge >= 0.3 is 0 Å². The first kappa shape index (κ1) is 21.2. The van der Waals surface area contributed by atoms with Crippen LogP contribution >= 0.6 is 0 Å². The predicted octanol–water partition coefficient (Wildman–Crippen LogP) is 3.52. The van der Waals surface area contributed by atoms with Gasteiger partial charge in [-0.2, -0.15) is 0 Å². The third kappa shape index (κ3) is 4.90. The molecule has 10 heteroatoms. The summed E-state index contributed by atoms with van der Waals surface area (Å²) in [7, 11) is -2.37. The average Bonchev–Trinajstić information content (AvgIpc) is 2.69. The van der Waals surface area contributed by atoms with Crippen LogP contribution in [0.3, 0.4) is 0 Å². The van der Waals surface area contributed by atoms with Crippen LogP contribution < -0.4 is 14.2 Å². The van der Waals surface area contributed by atoms with E-state index in [0.717, 1.165) is 18.4 Å². The molecule has 1 aromatic heterocycles. The highest BCUT2D eigenvalue weighted by Gasteiger charge is 2.18. The van der Waals surface area contributed by atoms with Crippen LogP contribution in [0.25, 0.3) is 11.1 Å². The molecule has 0 spiro atoms. The quantitative estimate of drug-likeness (QED) is 0.638. The maximum absolute atomic E-state index is 13.6. The molecule has 3 aromatic rings. The molecule has 0 saturated carbocycles. The molecule has 0 bridgehead atoms. The van der Waals surface area contributed by atoms with Gasteiger partial charge in [-0.25, -0.2) is 26.9 Å². The van der Waals surface area contributed by atoms with Crippen LogP contribution in [0.2, 0.25) is 0 Å². The van der Waals surface area contributed by atoms with Gasteiger partial charge in [-0.15, -0.1) is 0 Å². The molecule has 0 aliphatic carbocycles. The summed E-state index contributed by atoms with van der Waals surface area (Å²) in [5.41, 5.74) is 0.788. The molecule has 7 nitrogen and oxygen atoms in total. The molecule has 0 fully saturated rings. The van der Waals surface area contributed by atoms with Crippen LogP contribution in [0.5, 0.6) is 17.4 Å². The molecule has 2 aromatic carbocycles. The number of pyridine rings is 1. The first-order valence-electron chi connectivity index (χ1n) is 8.46. The molecule has 1 amide bonds. The van der Waals surface area contributed by atoms with E-state index in [1.54, 1.807) is 12.1 Å². The second kappa shape index (κ2) is 8.46. The molecule has 1 heterocycles. The third-order valence-electron chi connectivity index (χ3n) is 3.89. The number of nitrogens with zero attached hydrogens (tertiary/aromatic N) is 1. The Kier molecular flexibility index (Phi) is 5.97. The highest BCUT2D eigenvalue weighted by Crippen LogP contribution is 2.38. The van der Waals surface area contributed by atoms with Gasteiger partial charge in [-0.05, 0) is 42.5 Å². The van der Waals surface area contributed by atoms with Crippen molar-refractivity contribution in [3.05, 3.63) is 71.9 Å². The first-order chi connectivity index (χ1) is 14.2. The lowest BCUT2D eigenvalue weighted by molar-refractivity contribution is 0.0981. The number of ether oxygens (including phenoxy) is 2. The number of carbonyl (C=O) groups excluding carboxylic acids is 1. The second-order valence-corrected chi connectivity index (χ2v) is 7.90. The van der Waals surface area contributed by atoms with Gasteiger partial charge in [0.1, 0.15) is 11.5 Å². The van der Waals surface area contributed by atoms with E-state index >= 15 is 0 Å². The van der Waals surface area contributed by atoms with Crippen molar-refractivity contribution < 1.29 is 31.5 Å². The summed E-state index contributed by atoms with van der Waals surface area (Å²) >= 11 is 0. The van der Waals surface area contributed by atoms with Gasteiger partial charge in [-0.1, -0.05) is 0 Å². The number of hydrogen-bond donors (Lipinski definition) is 1. The fourth-order valence-electron chi connectivity index (χ4n) is 2.62. The summed E-state index contributed by atoms with van der Waals surface area (Å²) in [6.45, 7) is 0. The Hall–Kier alpha value is -3.53. The van der Waals surface area contributed by atoms with Crippen molar-refractivity contribution in [3.8, 4) is 28.5 Å². The molecule has 30 heavy (non-hydrogen) atoms. The summed E-state index contributed by atoms with van der Waals surface area (Å²) in [4.78, 5) is 16.4. The number of aromatic nitrogens is 1. The van der Waals surface area contributed by atoms with Gasteiger partial charge in [0.15, 0.2) is 11.6 Å². The smallest absolute Gasteiger partial charge is 0.264 e.